The van der Waals surface area contributed by atoms with Crippen molar-refractivity contribution in [3.8, 4) is 5.75 Å². The van der Waals surface area contributed by atoms with Gasteiger partial charge in [-0.15, -0.1) is 0 Å². The second-order valence-electron chi connectivity index (χ2n) is 4.27. The highest BCUT2D eigenvalue weighted by Crippen LogP contribution is 2.24. The van der Waals surface area contributed by atoms with Crippen LogP contribution in [0.4, 0.5) is 4.39 Å². The predicted molar refractivity (Wildman–Crippen MR) is 65.2 cm³/mol. The molecule has 0 fully saturated rings. The molecule has 17 heavy (non-hydrogen) atoms. The van der Waals surface area contributed by atoms with E-state index in [1.807, 2.05) is 13.8 Å². The molecule has 2 aromatic rings. The molecule has 0 aliphatic rings. The zero-order valence-corrected chi connectivity index (χ0v) is 10.0. The molecule has 0 saturated heterocycles. The van der Waals surface area contributed by atoms with Crippen molar-refractivity contribution in [1.82, 2.24) is 4.98 Å². The number of halogens is 1. The van der Waals surface area contributed by atoms with Crippen molar-refractivity contribution < 1.29 is 9.13 Å². The third-order valence-electron chi connectivity index (χ3n) is 2.73. The predicted octanol–water partition coefficient (Wildman–Crippen LogP) is 2.80. The Kier molecular flexibility index (Phi) is 2.88. The summed E-state index contributed by atoms with van der Waals surface area (Å²) in [4.78, 5) is 15.0. The van der Waals surface area contributed by atoms with Crippen LogP contribution in [-0.4, -0.2) is 12.1 Å². The SMILES string of the molecule is COc1cc(F)cc2c(=O)cc(C(C)C)[nH]c12. The number of H-pyrrole nitrogens is 1. The van der Waals surface area contributed by atoms with E-state index >= 15 is 0 Å². The Hall–Kier alpha value is -1.84. The normalized spacial score (nSPS) is 11.1. The van der Waals surface area contributed by atoms with E-state index in [2.05, 4.69) is 4.98 Å². The van der Waals surface area contributed by atoms with E-state index in [9.17, 15) is 9.18 Å². The Morgan fingerprint density at radius 2 is 2.00 bits per heavy atom. The number of ether oxygens (including phenoxy) is 1. The first kappa shape index (κ1) is 11.6. The highest BCUT2D eigenvalue weighted by atomic mass is 19.1. The summed E-state index contributed by atoms with van der Waals surface area (Å²) in [7, 11) is 1.45. The number of nitrogens with one attached hydrogen (secondary N) is 1. The van der Waals surface area contributed by atoms with Gasteiger partial charge in [0.15, 0.2) is 5.43 Å². The summed E-state index contributed by atoms with van der Waals surface area (Å²) in [5.41, 5.74) is 1.16. The molecular weight excluding hydrogens is 221 g/mol. The molecule has 0 aliphatic heterocycles. The molecule has 1 N–H and O–H groups in total. The van der Waals surface area contributed by atoms with Crippen LogP contribution < -0.4 is 10.2 Å². The maximum Gasteiger partial charge on any atom is 0.189 e. The van der Waals surface area contributed by atoms with E-state index in [1.54, 1.807) is 0 Å². The number of fused-ring (bicyclic) bond motifs is 1. The van der Waals surface area contributed by atoms with Crippen LogP contribution in [0.2, 0.25) is 0 Å². The molecule has 90 valence electrons. The molecular formula is C13H14FNO2. The molecule has 0 saturated carbocycles. The first-order valence-corrected chi connectivity index (χ1v) is 5.43. The standard InChI is InChI=1S/C13H14FNO2/c1-7(2)10-6-11(16)9-4-8(14)5-12(17-3)13(9)15-10/h4-7H,1-3H3,(H,15,16). The van der Waals surface area contributed by atoms with Gasteiger partial charge in [0, 0.05) is 17.8 Å². The Bertz CT molecular complexity index is 617. The van der Waals surface area contributed by atoms with Crippen molar-refractivity contribution >= 4 is 10.9 Å². The summed E-state index contributed by atoms with van der Waals surface area (Å²) in [6.45, 7) is 3.96. The maximum absolute atomic E-state index is 13.3. The lowest BCUT2D eigenvalue weighted by Crippen LogP contribution is -2.07. The molecule has 0 bridgehead atoms. The number of rotatable bonds is 2. The number of aromatic nitrogens is 1. The van der Waals surface area contributed by atoms with Gasteiger partial charge in [-0.05, 0) is 12.0 Å². The molecule has 4 heteroatoms. The van der Waals surface area contributed by atoms with E-state index in [0.29, 0.717) is 16.7 Å². The fraction of sp³-hybridized carbons (Fsp3) is 0.308. The summed E-state index contributed by atoms with van der Waals surface area (Å²) in [6, 6.07) is 4.00. The smallest absolute Gasteiger partial charge is 0.189 e. The molecule has 0 aliphatic carbocycles. The Morgan fingerprint density at radius 3 is 2.59 bits per heavy atom. The molecule has 0 atom stereocenters. The second-order valence-corrected chi connectivity index (χ2v) is 4.27. The van der Waals surface area contributed by atoms with E-state index in [1.165, 1.54) is 25.3 Å². The van der Waals surface area contributed by atoms with Crippen molar-refractivity contribution in [3.63, 3.8) is 0 Å². The average molecular weight is 235 g/mol. The first-order chi connectivity index (χ1) is 8.02. The topological polar surface area (TPSA) is 42.1 Å². The van der Waals surface area contributed by atoms with Crippen molar-refractivity contribution in [2.45, 2.75) is 19.8 Å². The highest BCUT2D eigenvalue weighted by Gasteiger charge is 2.11. The van der Waals surface area contributed by atoms with Gasteiger partial charge in [0.2, 0.25) is 0 Å². The summed E-state index contributed by atoms with van der Waals surface area (Å²) < 4.78 is 18.4. The lowest BCUT2D eigenvalue weighted by atomic mass is 10.1. The fourth-order valence-corrected chi connectivity index (χ4v) is 1.78. The summed E-state index contributed by atoms with van der Waals surface area (Å²) in [5.74, 6) is 0.0682. The van der Waals surface area contributed by atoms with E-state index in [-0.39, 0.29) is 11.3 Å². The van der Waals surface area contributed by atoms with Crippen LogP contribution in [0.15, 0.2) is 23.0 Å². The zero-order chi connectivity index (χ0) is 12.6. The van der Waals surface area contributed by atoms with E-state index < -0.39 is 5.82 Å². The molecule has 0 spiro atoms. The Morgan fingerprint density at radius 1 is 1.29 bits per heavy atom. The average Bonchev–Trinajstić information content (AvgIpc) is 2.28. The molecule has 0 unspecified atom stereocenters. The first-order valence-electron chi connectivity index (χ1n) is 5.43. The number of aromatic amines is 1. The fourth-order valence-electron chi connectivity index (χ4n) is 1.78. The monoisotopic (exact) mass is 235 g/mol. The summed E-state index contributed by atoms with van der Waals surface area (Å²) >= 11 is 0. The molecule has 3 nitrogen and oxygen atoms in total. The van der Waals surface area contributed by atoms with Gasteiger partial charge in [0.25, 0.3) is 0 Å². The van der Waals surface area contributed by atoms with Crippen LogP contribution in [0.25, 0.3) is 10.9 Å². The minimum absolute atomic E-state index is 0.194. The van der Waals surface area contributed by atoms with Crippen LogP contribution in [0, 0.1) is 5.82 Å². The van der Waals surface area contributed by atoms with E-state index in [0.717, 1.165) is 5.69 Å². The lowest BCUT2D eigenvalue weighted by Gasteiger charge is -2.10. The molecule has 2 rings (SSSR count). The van der Waals surface area contributed by atoms with Gasteiger partial charge in [0.1, 0.15) is 11.6 Å². The quantitative estimate of drug-likeness (QED) is 0.869. The largest absolute Gasteiger partial charge is 0.494 e. The Balaban J connectivity index is 2.86. The molecule has 0 amide bonds. The summed E-state index contributed by atoms with van der Waals surface area (Å²) in [6.07, 6.45) is 0. The van der Waals surface area contributed by atoms with Gasteiger partial charge in [-0.3, -0.25) is 4.79 Å². The molecule has 1 heterocycles. The molecule has 1 aromatic carbocycles. The number of hydrogen-bond donors (Lipinski definition) is 1. The Labute approximate surface area is 98.2 Å². The third kappa shape index (κ3) is 2.02. The van der Waals surface area contributed by atoms with Crippen LogP contribution in [0.5, 0.6) is 5.75 Å². The van der Waals surface area contributed by atoms with Crippen LogP contribution in [0.3, 0.4) is 0 Å². The zero-order valence-electron chi connectivity index (χ0n) is 10.0. The highest BCUT2D eigenvalue weighted by molar-refractivity contribution is 5.84. The second kappa shape index (κ2) is 4.20. The number of methoxy groups -OCH3 is 1. The van der Waals surface area contributed by atoms with Crippen LogP contribution in [0.1, 0.15) is 25.5 Å². The van der Waals surface area contributed by atoms with Gasteiger partial charge in [-0.25, -0.2) is 4.39 Å². The maximum atomic E-state index is 13.3. The van der Waals surface area contributed by atoms with Gasteiger partial charge in [-0.1, -0.05) is 13.8 Å². The van der Waals surface area contributed by atoms with Crippen LogP contribution in [-0.2, 0) is 0 Å². The van der Waals surface area contributed by atoms with Crippen molar-refractivity contribution in [3.05, 3.63) is 39.9 Å². The minimum atomic E-state index is -0.475. The number of benzene rings is 1. The molecule has 1 aromatic heterocycles. The summed E-state index contributed by atoms with van der Waals surface area (Å²) in [5, 5.41) is 0.311. The van der Waals surface area contributed by atoms with Gasteiger partial charge in [0.05, 0.1) is 18.0 Å². The van der Waals surface area contributed by atoms with Crippen LogP contribution >= 0.6 is 0 Å². The molecule has 0 radical (unpaired) electrons. The van der Waals surface area contributed by atoms with Crippen molar-refractivity contribution in [1.29, 1.82) is 0 Å². The third-order valence-corrected chi connectivity index (χ3v) is 2.73. The van der Waals surface area contributed by atoms with Gasteiger partial charge < -0.3 is 9.72 Å². The minimum Gasteiger partial charge on any atom is -0.494 e. The number of pyridine rings is 1. The van der Waals surface area contributed by atoms with E-state index in [4.69, 9.17) is 4.74 Å². The van der Waals surface area contributed by atoms with Gasteiger partial charge >= 0.3 is 0 Å². The van der Waals surface area contributed by atoms with Gasteiger partial charge in [-0.2, -0.15) is 0 Å². The lowest BCUT2D eigenvalue weighted by molar-refractivity contribution is 0.415. The number of hydrogen-bond acceptors (Lipinski definition) is 2. The van der Waals surface area contributed by atoms with Crippen molar-refractivity contribution in [2.24, 2.45) is 0 Å². The van der Waals surface area contributed by atoms with Crippen molar-refractivity contribution in [2.75, 3.05) is 7.11 Å².